The largest absolute Gasteiger partial charge is 0.493 e. The first-order chi connectivity index (χ1) is 17.6. The number of hydrogen-bond acceptors (Lipinski definition) is 6. The minimum absolute atomic E-state index is 0.0158. The molecule has 0 amide bonds. The van der Waals surface area contributed by atoms with Crippen LogP contribution in [0.2, 0.25) is 0 Å². The van der Waals surface area contributed by atoms with Gasteiger partial charge in [-0.25, -0.2) is 8.42 Å². The third kappa shape index (κ3) is 6.74. The first-order valence-electron chi connectivity index (χ1n) is 12.6. The Morgan fingerprint density at radius 2 is 1.86 bits per heavy atom. The van der Waals surface area contributed by atoms with Gasteiger partial charge in [-0.15, -0.1) is 0 Å². The molecule has 1 aliphatic carbocycles. The molecule has 0 unspecified atom stereocenters. The van der Waals surface area contributed by atoms with Gasteiger partial charge < -0.3 is 19.3 Å². The smallest absolute Gasteiger partial charge is 0.304 e. The quantitative estimate of drug-likeness (QED) is 0.427. The summed E-state index contributed by atoms with van der Waals surface area (Å²) in [5.41, 5.74) is 6.62. The van der Waals surface area contributed by atoms with Crippen molar-refractivity contribution in [2.45, 2.75) is 46.0 Å². The number of sulfone groups is 1. The molecule has 0 radical (unpaired) electrons. The van der Waals surface area contributed by atoms with E-state index in [9.17, 15) is 13.2 Å². The Morgan fingerprint density at radius 3 is 2.57 bits per heavy atom. The lowest BCUT2D eigenvalue weighted by Gasteiger charge is -2.20. The Hall–Kier alpha value is -3.26. The normalized spacial score (nSPS) is 16.9. The van der Waals surface area contributed by atoms with Gasteiger partial charge in [-0.2, -0.15) is 0 Å². The number of carboxylic acid groups (broad SMARTS) is 1. The predicted octanol–water partition coefficient (Wildman–Crippen LogP) is 5.25. The van der Waals surface area contributed by atoms with Crippen LogP contribution in [0, 0.1) is 13.8 Å². The highest BCUT2D eigenvalue weighted by molar-refractivity contribution is 7.91. The lowest BCUT2D eigenvalue weighted by molar-refractivity contribution is -0.137. The molecule has 0 aromatic heterocycles. The van der Waals surface area contributed by atoms with E-state index < -0.39 is 15.8 Å². The predicted molar refractivity (Wildman–Crippen MR) is 143 cm³/mol. The molecule has 198 valence electrons. The summed E-state index contributed by atoms with van der Waals surface area (Å²) >= 11 is 0. The van der Waals surface area contributed by atoms with E-state index in [1.54, 1.807) is 6.92 Å². The number of allylic oxidation sites excluding steroid dienone is 2. The maximum absolute atomic E-state index is 11.7. The maximum Gasteiger partial charge on any atom is 0.304 e. The van der Waals surface area contributed by atoms with Gasteiger partial charge in [-0.3, -0.25) is 4.79 Å². The lowest BCUT2D eigenvalue weighted by Crippen LogP contribution is -2.15. The van der Waals surface area contributed by atoms with Crippen molar-refractivity contribution in [2.24, 2.45) is 0 Å². The van der Waals surface area contributed by atoms with Crippen molar-refractivity contribution in [1.29, 1.82) is 0 Å². The molecule has 1 heterocycles. The van der Waals surface area contributed by atoms with Gasteiger partial charge in [0.25, 0.3) is 0 Å². The minimum Gasteiger partial charge on any atom is -0.493 e. The van der Waals surface area contributed by atoms with Crippen molar-refractivity contribution in [3.63, 3.8) is 0 Å². The molecule has 0 saturated heterocycles. The average molecular weight is 527 g/mol. The molecule has 1 N–H and O–H groups in total. The molecule has 1 atom stereocenters. The molecule has 7 nitrogen and oxygen atoms in total. The van der Waals surface area contributed by atoms with Crippen LogP contribution in [0.1, 0.15) is 54.4 Å². The summed E-state index contributed by atoms with van der Waals surface area (Å²) in [4.78, 5) is 11.1. The van der Waals surface area contributed by atoms with E-state index in [-0.39, 0.29) is 30.5 Å². The second-order valence-corrected chi connectivity index (χ2v) is 12.1. The third-order valence-electron chi connectivity index (χ3n) is 6.80. The number of benzene rings is 2. The molecule has 2 aromatic rings. The van der Waals surface area contributed by atoms with Crippen LogP contribution < -0.4 is 14.2 Å². The summed E-state index contributed by atoms with van der Waals surface area (Å²) in [6.45, 7) is 6.69. The molecule has 2 aliphatic rings. The standard InChI is InChI=1S/C29H34O7S/c1-4-37(32,33)11-10-34-25-12-19(2)29(20(3)13-25)22-7-5-6-21(14-22)17-35-24-8-9-26-23(15-28(30)31)18-36-27(26)16-24/h6,8-9,12-14,16,23H,4-5,7,10-11,15,17-18H2,1-3H3,(H,30,31)/t23-/m1/s1. The number of rotatable bonds is 11. The Balaban J connectivity index is 1.41. The summed E-state index contributed by atoms with van der Waals surface area (Å²) in [7, 11) is -3.06. The fourth-order valence-electron chi connectivity index (χ4n) is 4.90. The van der Waals surface area contributed by atoms with Crippen molar-refractivity contribution in [1.82, 2.24) is 0 Å². The van der Waals surface area contributed by atoms with Gasteiger partial charge in [0.2, 0.25) is 0 Å². The maximum atomic E-state index is 11.7. The van der Waals surface area contributed by atoms with E-state index >= 15 is 0 Å². The van der Waals surface area contributed by atoms with Crippen LogP contribution in [0.15, 0.2) is 48.1 Å². The fraction of sp³-hybridized carbons (Fsp3) is 0.414. The number of aryl methyl sites for hydroxylation is 2. The van der Waals surface area contributed by atoms with Crippen molar-refractivity contribution < 1.29 is 32.5 Å². The molecule has 1 aliphatic heterocycles. The Bertz CT molecular complexity index is 1320. The molecule has 37 heavy (non-hydrogen) atoms. The second-order valence-electron chi connectivity index (χ2n) is 9.60. The number of carbonyl (C=O) groups is 1. The van der Waals surface area contributed by atoms with Crippen LogP contribution in [-0.2, 0) is 14.6 Å². The molecule has 4 rings (SSSR count). The summed E-state index contributed by atoms with van der Waals surface area (Å²) in [6, 6.07) is 9.55. The van der Waals surface area contributed by atoms with Crippen LogP contribution in [0.25, 0.3) is 5.57 Å². The van der Waals surface area contributed by atoms with Crippen molar-refractivity contribution in [3.05, 3.63) is 70.3 Å². The number of carboxylic acids is 1. The minimum atomic E-state index is -3.06. The van der Waals surface area contributed by atoms with Gasteiger partial charge in [-0.1, -0.05) is 25.1 Å². The molecule has 8 heteroatoms. The Morgan fingerprint density at radius 1 is 1.11 bits per heavy atom. The van der Waals surface area contributed by atoms with Crippen LogP contribution in [0.3, 0.4) is 0 Å². The van der Waals surface area contributed by atoms with Gasteiger partial charge in [0, 0.05) is 23.3 Å². The van der Waals surface area contributed by atoms with Gasteiger partial charge in [0.1, 0.15) is 30.5 Å². The monoisotopic (exact) mass is 526 g/mol. The zero-order valence-electron chi connectivity index (χ0n) is 21.6. The highest BCUT2D eigenvalue weighted by Crippen LogP contribution is 2.39. The van der Waals surface area contributed by atoms with Crippen molar-refractivity contribution >= 4 is 21.4 Å². The molecule has 0 fully saturated rings. The van der Waals surface area contributed by atoms with Crippen molar-refractivity contribution in [3.8, 4) is 17.2 Å². The van der Waals surface area contributed by atoms with Crippen molar-refractivity contribution in [2.75, 3.05) is 31.3 Å². The Kier molecular flexibility index (Phi) is 8.27. The van der Waals surface area contributed by atoms with Crippen LogP contribution in [-0.4, -0.2) is 50.8 Å². The number of aliphatic carboxylic acids is 1. The van der Waals surface area contributed by atoms with Gasteiger partial charge >= 0.3 is 5.97 Å². The highest BCUT2D eigenvalue weighted by atomic mass is 32.2. The van der Waals surface area contributed by atoms with E-state index in [2.05, 4.69) is 26.0 Å². The van der Waals surface area contributed by atoms with E-state index in [1.807, 2.05) is 30.3 Å². The number of fused-ring (bicyclic) bond motifs is 1. The highest BCUT2D eigenvalue weighted by Gasteiger charge is 2.26. The zero-order chi connectivity index (χ0) is 26.6. The van der Waals surface area contributed by atoms with E-state index in [4.69, 9.17) is 19.3 Å². The van der Waals surface area contributed by atoms with Crippen LogP contribution in [0.4, 0.5) is 0 Å². The molecule has 2 aromatic carbocycles. The van der Waals surface area contributed by atoms with E-state index in [0.29, 0.717) is 30.5 Å². The second kappa shape index (κ2) is 11.4. The Labute approximate surface area is 218 Å². The van der Waals surface area contributed by atoms with Crippen LogP contribution >= 0.6 is 0 Å². The van der Waals surface area contributed by atoms with Gasteiger partial charge in [0.15, 0.2) is 9.84 Å². The average Bonchev–Trinajstić information content (AvgIpc) is 3.24. The topological polar surface area (TPSA) is 99.1 Å². The first kappa shape index (κ1) is 26.8. The number of hydrogen-bond donors (Lipinski definition) is 1. The zero-order valence-corrected chi connectivity index (χ0v) is 22.4. The van der Waals surface area contributed by atoms with Gasteiger partial charge in [-0.05, 0) is 72.7 Å². The SMILES string of the molecule is CCS(=O)(=O)CCOc1cc(C)c(C2=CC(COc3ccc4c(c3)OC[C@H]4CC(=O)O)=CCC2)c(C)c1. The molecule has 0 saturated carbocycles. The molecule has 0 bridgehead atoms. The molecular weight excluding hydrogens is 492 g/mol. The fourth-order valence-corrected chi connectivity index (χ4v) is 5.53. The van der Waals surface area contributed by atoms with E-state index in [0.717, 1.165) is 35.1 Å². The summed E-state index contributed by atoms with van der Waals surface area (Å²) in [6.07, 6.45) is 6.27. The van der Waals surface area contributed by atoms with Gasteiger partial charge in [0.05, 0.1) is 18.8 Å². The molecule has 0 spiro atoms. The summed E-state index contributed by atoms with van der Waals surface area (Å²) in [5.74, 6) is 1.25. The van der Waals surface area contributed by atoms with E-state index in [1.165, 1.54) is 11.1 Å². The number of ether oxygens (including phenoxy) is 3. The lowest BCUT2D eigenvalue weighted by atomic mass is 9.88. The first-order valence-corrected chi connectivity index (χ1v) is 14.4. The third-order valence-corrected chi connectivity index (χ3v) is 8.47. The van der Waals surface area contributed by atoms with Crippen LogP contribution in [0.5, 0.6) is 17.2 Å². The summed E-state index contributed by atoms with van der Waals surface area (Å²) in [5, 5.41) is 9.09. The molecular formula is C29H34O7S. The summed E-state index contributed by atoms with van der Waals surface area (Å²) < 4.78 is 40.9.